The molecule has 100 valence electrons. The molecule has 3 N–H and O–H groups in total. The van der Waals surface area contributed by atoms with E-state index < -0.39 is 0 Å². The summed E-state index contributed by atoms with van der Waals surface area (Å²) in [5.74, 6) is 0.485. The van der Waals surface area contributed by atoms with Gasteiger partial charge in [0, 0.05) is 6.54 Å². The number of nitrogens with one attached hydrogen (secondary N) is 1. The fourth-order valence-electron chi connectivity index (χ4n) is 1.78. The van der Waals surface area contributed by atoms with Gasteiger partial charge in [-0.3, -0.25) is 4.79 Å². The van der Waals surface area contributed by atoms with Crippen LogP contribution in [0.5, 0.6) is 0 Å². The first-order valence-corrected chi connectivity index (χ1v) is 6.30. The molecular weight excluding hydrogens is 240 g/mol. The Morgan fingerprint density at radius 1 is 1.32 bits per heavy atom. The van der Waals surface area contributed by atoms with Gasteiger partial charge in [-0.15, -0.1) is 0 Å². The minimum absolute atomic E-state index is 0.129. The van der Waals surface area contributed by atoms with E-state index in [1.54, 1.807) is 6.07 Å². The lowest BCUT2D eigenvalue weighted by Crippen LogP contribution is -2.25. The minimum atomic E-state index is -0.129. The van der Waals surface area contributed by atoms with Gasteiger partial charge in [-0.1, -0.05) is 29.8 Å². The summed E-state index contributed by atoms with van der Waals surface area (Å²) in [5.41, 5.74) is 8.39. The second-order valence-corrected chi connectivity index (χ2v) is 4.50. The van der Waals surface area contributed by atoms with Crippen molar-refractivity contribution in [2.24, 2.45) is 5.73 Å². The highest BCUT2D eigenvalue weighted by Gasteiger charge is 2.08. The molecule has 4 heteroatoms. The van der Waals surface area contributed by atoms with Gasteiger partial charge in [0.25, 0.3) is 5.91 Å². The Hall–Kier alpha value is -2.07. The SMILES string of the molecule is Cc1ccc(CCNC(=O)c2coc(CN)c2)cc1. The molecule has 0 aliphatic heterocycles. The van der Waals surface area contributed by atoms with Gasteiger partial charge < -0.3 is 15.5 Å². The molecular formula is C15H18N2O2. The summed E-state index contributed by atoms with van der Waals surface area (Å²) >= 11 is 0. The molecule has 1 amide bonds. The third-order valence-electron chi connectivity index (χ3n) is 2.94. The van der Waals surface area contributed by atoms with Crippen molar-refractivity contribution in [3.63, 3.8) is 0 Å². The van der Waals surface area contributed by atoms with Crippen LogP contribution in [-0.2, 0) is 13.0 Å². The lowest BCUT2D eigenvalue weighted by Gasteiger charge is -2.04. The Morgan fingerprint density at radius 2 is 2.05 bits per heavy atom. The minimum Gasteiger partial charge on any atom is -0.467 e. The van der Waals surface area contributed by atoms with Crippen LogP contribution in [0.25, 0.3) is 0 Å². The third-order valence-corrected chi connectivity index (χ3v) is 2.94. The first kappa shape index (κ1) is 13.4. The van der Waals surface area contributed by atoms with Crippen molar-refractivity contribution < 1.29 is 9.21 Å². The van der Waals surface area contributed by atoms with Gasteiger partial charge in [0.15, 0.2) is 0 Å². The van der Waals surface area contributed by atoms with Crippen LogP contribution >= 0.6 is 0 Å². The molecule has 0 aliphatic carbocycles. The van der Waals surface area contributed by atoms with E-state index in [4.69, 9.17) is 10.2 Å². The topological polar surface area (TPSA) is 68.3 Å². The average molecular weight is 258 g/mol. The molecule has 2 aromatic rings. The van der Waals surface area contributed by atoms with Crippen molar-refractivity contribution in [3.8, 4) is 0 Å². The predicted octanol–water partition coefficient (Wildman–Crippen LogP) is 2.02. The smallest absolute Gasteiger partial charge is 0.254 e. The second kappa shape index (κ2) is 6.20. The Kier molecular flexibility index (Phi) is 4.36. The van der Waals surface area contributed by atoms with Gasteiger partial charge in [0.1, 0.15) is 12.0 Å². The van der Waals surface area contributed by atoms with Crippen LogP contribution < -0.4 is 11.1 Å². The van der Waals surface area contributed by atoms with E-state index in [9.17, 15) is 4.79 Å². The Bertz CT molecular complexity index is 544. The third kappa shape index (κ3) is 3.69. The number of hydrogen-bond donors (Lipinski definition) is 2. The highest BCUT2D eigenvalue weighted by molar-refractivity contribution is 5.93. The number of carbonyl (C=O) groups is 1. The quantitative estimate of drug-likeness (QED) is 0.862. The average Bonchev–Trinajstić information content (AvgIpc) is 2.90. The largest absolute Gasteiger partial charge is 0.467 e. The van der Waals surface area contributed by atoms with Crippen molar-refractivity contribution in [3.05, 3.63) is 59.0 Å². The van der Waals surface area contributed by atoms with Crippen LogP contribution in [0.1, 0.15) is 27.2 Å². The zero-order valence-corrected chi connectivity index (χ0v) is 11.0. The van der Waals surface area contributed by atoms with Crippen molar-refractivity contribution in [2.45, 2.75) is 19.9 Å². The van der Waals surface area contributed by atoms with Gasteiger partial charge in [-0.2, -0.15) is 0 Å². The Labute approximate surface area is 112 Å². The standard InChI is InChI=1S/C15H18N2O2/c1-11-2-4-12(5-3-11)6-7-17-15(18)13-8-14(9-16)19-10-13/h2-5,8,10H,6-7,9,16H2,1H3,(H,17,18). The molecule has 0 radical (unpaired) electrons. The summed E-state index contributed by atoms with van der Waals surface area (Å²) in [5, 5.41) is 2.86. The molecule has 0 spiro atoms. The van der Waals surface area contributed by atoms with Gasteiger partial charge in [0.2, 0.25) is 0 Å². The molecule has 0 bridgehead atoms. The van der Waals surface area contributed by atoms with Gasteiger partial charge in [0.05, 0.1) is 12.1 Å². The molecule has 0 atom stereocenters. The van der Waals surface area contributed by atoms with Gasteiger partial charge >= 0.3 is 0 Å². The van der Waals surface area contributed by atoms with E-state index in [0.717, 1.165) is 6.42 Å². The number of benzene rings is 1. The predicted molar refractivity (Wildman–Crippen MR) is 73.8 cm³/mol. The van der Waals surface area contributed by atoms with E-state index >= 15 is 0 Å². The first-order valence-electron chi connectivity index (χ1n) is 6.30. The van der Waals surface area contributed by atoms with Crippen LogP contribution in [0.15, 0.2) is 41.0 Å². The number of rotatable bonds is 5. The van der Waals surface area contributed by atoms with Crippen LogP contribution in [0.4, 0.5) is 0 Å². The Morgan fingerprint density at radius 3 is 2.68 bits per heavy atom. The molecule has 19 heavy (non-hydrogen) atoms. The lowest BCUT2D eigenvalue weighted by atomic mass is 10.1. The zero-order valence-electron chi connectivity index (χ0n) is 11.0. The van der Waals surface area contributed by atoms with Gasteiger partial charge in [-0.05, 0) is 25.0 Å². The first-order chi connectivity index (χ1) is 9.19. The number of hydrogen-bond acceptors (Lipinski definition) is 3. The number of nitrogens with two attached hydrogens (primary N) is 1. The second-order valence-electron chi connectivity index (χ2n) is 4.50. The summed E-state index contributed by atoms with van der Waals surface area (Å²) in [4.78, 5) is 11.8. The van der Waals surface area contributed by atoms with E-state index in [0.29, 0.717) is 24.4 Å². The molecule has 2 rings (SSSR count). The number of carbonyl (C=O) groups excluding carboxylic acids is 1. The van der Waals surface area contributed by atoms with E-state index in [1.165, 1.54) is 17.4 Å². The van der Waals surface area contributed by atoms with Crippen LogP contribution in [0.3, 0.4) is 0 Å². The number of aryl methyl sites for hydroxylation is 1. The number of amides is 1. The summed E-state index contributed by atoms with van der Waals surface area (Å²) in [6, 6.07) is 9.96. The summed E-state index contributed by atoms with van der Waals surface area (Å²) < 4.78 is 5.13. The van der Waals surface area contributed by atoms with Crippen LogP contribution in [0, 0.1) is 6.92 Å². The van der Waals surface area contributed by atoms with Crippen LogP contribution in [0.2, 0.25) is 0 Å². The monoisotopic (exact) mass is 258 g/mol. The maximum absolute atomic E-state index is 11.8. The van der Waals surface area contributed by atoms with Crippen molar-refractivity contribution >= 4 is 5.91 Å². The fraction of sp³-hybridized carbons (Fsp3) is 0.267. The fourth-order valence-corrected chi connectivity index (χ4v) is 1.78. The molecule has 0 saturated heterocycles. The van der Waals surface area contributed by atoms with Crippen molar-refractivity contribution in [2.75, 3.05) is 6.54 Å². The molecule has 1 heterocycles. The molecule has 0 saturated carbocycles. The highest BCUT2D eigenvalue weighted by Crippen LogP contribution is 2.07. The van der Waals surface area contributed by atoms with Crippen LogP contribution in [-0.4, -0.2) is 12.5 Å². The molecule has 1 aromatic heterocycles. The lowest BCUT2D eigenvalue weighted by molar-refractivity contribution is 0.0953. The highest BCUT2D eigenvalue weighted by atomic mass is 16.3. The van der Waals surface area contributed by atoms with E-state index in [1.807, 2.05) is 0 Å². The van der Waals surface area contributed by atoms with Crippen molar-refractivity contribution in [1.82, 2.24) is 5.32 Å². The molecule has 0 fully saturated rings. The zero-order chi connectivity index (χ0) is 13.7. The maximum atomic E-state index is 11.8. The van der Waals surface area contributed by atoms with Crippen molar-refractivity contribution in [1.29, 1.82) is 0 Å². The number of furan rings is 1. The normalized spacial score (nSPS) is 10.4. The molecule has 0 unspecified atom stereocenters. The Balaban J connectivity index is 1.82. The molecule has 1 aromatic carbocycles. The van der Waals surface area contributed by atoms with E-state index in [2.05, 4.69) is 36.5 Å². The summed E-state index contributed by atoms with van der Waals surface area (Å²) in [6.45, 7) is 2.96. The maximum Gasteiger partial charge on any atom is 0.254 e. The summed E-state index contributed by atoms with van der Waals surface area (Å²) in [6.07, 6.45) is 2.25. The van der Waals surface area contributed by atoms with E-state index in [-0.39, 0.29) is 5.91 Å². The molecule has 4 nitrogen and oxygen atoms in total. The van der Waals surface area contributed by atoms with Gasteiger partial charge in [-0.25, -0.2) is 0 Å². The molecule has 0 aliphatic rings. The summed E-state index contributed by atoms with van der Waals surface area (Å²) in [7, 11) is 0.